The summed E-state index contributed by atoms with van der Waals surface area (Å²) in [6.45, 7) is 6.54. The van der Waals surface area contributed by atoms with Crippen LogP contribution in [0.3, 0.4) is 0 Å². The number of nitrogens with two attached hydrogens (primary N) is 1. The van der Waals surface area contributed by atoms with Gasteiger partial charge in [0.1, 0.15) is 0 Å². The van der Waals surface area contributed by atoms with Crippen LogP contribution in [-0.2, 0) is 0 Å². The molecule has 1 saturated heterocycles. The minimum Gasteiger partial charge on any atom is -0.370 e. The number of halogens is 1. The van der Waals surface area contributed by atoms with Crippen molar-refractivity contribution in [2.45, 2.75) is 39.2 Å². The molecule has 18 heavy (non-hydrogen) atoms. The predicted octanol–water partition coefficient (Wildman–Crippen LogP) is 3.99. The van der Waals surface area contributed by atoms with Crippen molar-refractivity contribution in [1.29, 1.82) is 0 Å². The molecule has 1 unspecified atom stereocenters. The molecule has 2 atom stereocenters. The predicted molar refractivity (Wildman–Crippen MR) is 79.3 cm³/mol. The summed E-state index contributed by atoms with van der Waals surface area (Å²) in [7, 11) is 0. The van der Waals surface area contributed by atoms with E-state index in [1.807, 2.05) is 13.0 Å². The number of benzene rings is 1. The van der Waals surface area contributed by atoms with Crippen LogP contribution >= 0.6 is 11.6 Å². The van der Waals surface area contributed by atoms with Crippen molar-refractivity contribution >= 4 is 17.3 Å². The molecule has 2 rings (SSSR count). The Morgan fingerprint density at radius 2 is 2.11 bits per heavy atom. The largest absolute Gasteiger partial charge is 0.370 e. The fourth-order valence-electron chi connectivity index (χ4n) is 2.57. The van der Waals surface area contributed by atoms with Crippen LogP contribution in [0.1, 0.15) is 44.7 Å². The van der Waals surface area contributed by atoms with E-state index in [0.29, 0.717) is 0 Å². The minimum absolute atomic E-state index is 0.0423. The van der Waals surface area contributed by atoms with Gasteiger partial charge in [0.05, 0.1) is 10.7 Å². The average Bonchev–Trinajstić information content (AvgIpc) is 2.54. The second kappa shape index (κ2) is 5.94. The number of rotatable bonds is 2. The molecule has 1 aliphatic heterocycles. The lowest BCUT2D eigenvalue weighted by Gasteiger charge is -2.24. The van der Waals surface area contributed by atoms with Crippen LogP contribution in [0.4, 0.5) is 5.69 Å². The van der Waals surface area contributed by atoms with E-state index in [9.17, 15) is 0 Å². The SMILES string of the molecule is CC1CCCN(c2ccc([C@@H](C)N)cc2Cl)CC1. The number of anilines is 1. The highest BCUT2D eigenvalue weighted by atomic mass is 35.5. The summed E-state index contributed by atoms with van der Waals surface area (Å²) in [4.78, 5) is 2.41. The van der Waals surface area contributed by atoms with Gasteiger partial charge in [0.2, 0.25) is 0 Å². The number of nitrogens with zero attached hydrogens (tertiary/aromatic N) is 1. The molecule has 2 N–H and O–H groups in total. The normalized spacial score (nSPS) is 22.7. The van der Waals surface area contributed by atoms with Crippen molar-refractivity contribution in [3.63, 3.8) is 0 Å². The maximum atomic E-state index is 6.40. The number of hydrogen-bond donors (Lipinski definition) is 1. The first-order chi connectivity index (χ1) is 8.58. The van der Waals surface area contributed by atoms with Crippen LogP contribution in [-0.4, -0.2) is 13.1 Å². The molecule has 0 amide bonds. The quantitative estimate of drug-likeness (QED) is 0.877. The molecule has 0 spiro atoms. The van der Waals surface area contributed by atoms with Gasteiger partial charge in [0, 0.05) is 19.1 Å². The molecule has 2 nitrogen and oxygen atoms in total. The first-order valence-corrected chi connectivity index (χ1v) is 7.25. The van der Waals surface area contributed by atoms with Crippen LogP contribution in [0.25, 0.3) is 0 Å². The molecule has 100 valence electrons. The zero-order chi connectivity index (χ0) is 13.1. The molecule has 1 aliphatic rings. The maximum Gasteiger partial charge on any atom is 0.0642 e. The van der Waals surface area contributed by atoms with E-state index in [1.165, 1.54) is 19.3 Å². The van der Waals surface area contributed by atoms with Crippen molar-refractivity contribution in [2.24, 2.45) is 11.7 Å². The second-order valence-corrected chi connectivity index (χ2v) is 5.93. The van der Waals surface area contributed by atoms with Crippen molar-refractivity contribution in [2.75, 3.05) is 18.0 Å². The summed E-state index contributed by atoms with van der Waals surface area (Å²) in [5.41, 5.74) is 8.15. The Balaban J connectivity index is 2.17. The lowest BCUT2D eigenvalue weighted by Crippen LogP contribution is -2.24. The zero-order valence-electron chi connectivity index (χ0n) is 11.3. The van der Waals surface area contributed by atoms with Crippen molar-refractivity contribution in [3.8, 4) is 0 Å². The Labute approximate surface area is 115 Å². The summed E-state index contributed by atoms with van der Waals surface area (Å²) >= 11 is 6.40. The van der Waals surface area contributed by atoms with Crippen LogP contribution in [0.5, 0.6) is 0 Å². The molecule has 1 heterocycles. The Bertz CT molecular complexity index is 403. The van der Waals surface area contributed by atoms with Crippen molar-refractivity contribution in [3.05, 3.63) is 28.8 Å². The van der Waals surface area contributed by atoms with Gasteiger partial charge in [0.25, 0.3) is 0 Å². The standard InChI is InChI=1S/C15H23ClN2/c1-11-4-3-8-18(9-7-11)15-6-5-13(12(2)17)10-14(15)16/h5-6,10-12H,3-4,7-9,17H2,1-2H3/t11?,12-/m1/s1. The second-order valence-electron chi connectivity index (χ2n) is 5.52. The highest BCUT2D eigenvalue weighted by molar-refractivity contribution is 6.33. The molecular formula is C15H23ClN2. The highest BCUT2D eigenvalue weighted by Crippen LogP contribution is 2.31. The Morgan fingerprint density at radius 1 is 1.33 bits per heavy atom. The van der Waals surface area contributed by atoms with E-state index in [0.717, 1.165) is 35.3 Å². The third-order valence-corrected chi connectivity index (χ3v) is 4.16. The van der Waals surface area contributed by atoms with Gasteiger partial charge >= 0.3 is 0 Å². The molecule has 0 aromatic heterocycles. The van der Waals surface area contributed by atoms with Crippen LogP contribution in [0.2, 0.25) is 5.02 Å². The molecule has 1 fully saturated rings. The van der Waals surface area contributed by atoms with Gasteiger partial charge < -0.3 is 10.6 Å². The van der Waals surface area contributed by atoms with E-state index >= 15 is 0 Å². The molecule has 0 saturated carbocycles. The van der Waals surface area contributed by atoms with Crippen molar-refractivity contribution in [1.82, 2.24) is 0 Å². The van der Waals surface area contributed by atoms with Gasteiger partial charge in [0.15, 0.2) is 0 Å². The number of hydrogen-bond acceptors (Lipinski definition) is 2. The summed E-state index contributed by atoms with van der Waals surface area (Å²) in [6, 6.07) is 6.27. The van der Waals surface area contributed by atoms with Gasteiger partial charge in [-0.1, -0.05) is 24.6 Å². The zero-order valence-corrected chi connectivity index (χ0v) is 12.1. The van der Waals surface area contributed by atoms with Crippen LogP contribution in [0, 0.1) is 5.92 Å². The fraction of sp³-hybridized carbons (Fsp3) is 0.600. The third kappa shape index (κ3) is 3.18. The summed E-state index contributed by atoms with van der Waals surface area (Å²) < 4.78 is 0. The summed E-state index contributed by atoms with van der Waals surface area (Å²) in [5, 5.41) is 0.833. The van der Waals surface area contributed by atoms with Gasteiger partial charge in [-0.05, 0) is 49.8 Å². The van der Waals surface area contributed by atoms with Gasteiger partial charge in [-0.15, -0.1) is 0 Å². The molecule has 1 aromatic rings. The summed E-state index contributed by atoms with van der Waals surface area (Å²) in [6.07, 6.45) is 3.84. The summed E-state index contributed by atoms with van der Waals surface area (Å²) in [5.74, 6) is 0.831. The Kier molecular flexibility index (Phi) is 4.52. The van der Waals surface area contributed by atoms with Crippen LogP contribution < -0.4 is 10.6 Å². The van der Waals surface area contributed by atoms with Gasteiger partial charge in [-0.2, -0.15) is 0 Å². The van der Waals surface area contributed by atoms with E-state index < -0.39 is 0 Å². The first-order valence-electron chi connectivity index (χ1n) is 6.88. The lowest BCUT2D eigenvalue weighted by atomic mass is 10.0. The lowest BCUT2D eigenvalue weighted by molar-refractivity contribution is 0.521. The van der Waals surface area contributed by atoms with E-state index in [-0.39, 0.29) is 6.04 Å². The molecule has 0 aliphatic carbocycles. The molecule has 0 radical (unpaired) electrons. The average molecular weight is 267 g/mol. The van der Waals surface area contributed by atoms with E-state index in [2.05, 4.69) is 24.0 Å². The van der Waals surface area contributed by atoms with Gasteiger partial charge in [-0.25, -0.2) is 0 Å². The minimum atomic E-state index is 0.0423. The first kappa shape index (κ1) is 13.7. The maximum absolute atomic E-state index is 6.40. The topological polar surface area (TPSA) is 29.3 Å². The smallest absolute Gasteiger partial charge is 0.0642 e. The Morgan fingerprint density at radius 3 is 2.78 bits per heavy atom. The monoisotopic (exact) mass is 266 g/mol. The van der Waals surface area contributed by atoms with Crippen LogP contribution in [0.15, 0.2) is 18.2 Å². The molecular weight excluding hydrogens is 244 g/mol. The highest BCUT2D eigenvalue weighted by Gasteiger charge is 2.16. The fourth-order valence-corrected chi connectivity index (χ4v) is 2.88. The molecule has 0 bridgehead atoms. The van der Waals surface area contributed by atoms with E-state index in [1.54, 1.807) is 0 Å². The molecule has 1 aromatic carbocycles. The Hall–Kier alpha value is -0.730. The molecule has 3 heteroatoms. The van der Waals surface area contributed by atoms with Crippen molar-refractivity contribution < 1.29 is 0 Å². The van der Waals surface area contributed by atoms with Gasteiger partial charge in [-0.3, -0.25) is 0 Å². The third-order valence-electron chi connectivity index (χ3n) is 3.85. The van der Waals surface area contributed by atoms with E-state index in [4.69, 9.17) is 17.3 Å².